The fourth-order valence-electron chi connectivity index (χ4n) is 11.2. The Bertz CT molecular complexity index is 1290. The molecule has 472 valence electrons. The van der Waals surface area contributed by atoms with Crippen molar-refractivity contribution in [3.8, 4) is 0 Å². The van der Waals surface area contributed by atoms with Gasteiger partial charge in [0.2, 0.25) is 0 Å². The average molecular weight is 1130 g/mol. The lowest BCUT2D eigenvalue weighted by molar-refractivity contribution is -0.167. The van der Waals surface area contributed by atoms with E-state index in [1.54, 1.807) is 0 Å². The van der Waals surface area contributed by atoms with E-state index < -0.39 is 6.10 Å². The SMILES string of the molecule is CCCCCCC/C=C\C/C=C\CCCCCCCCCCCC(=O)OC(COC(=O)CCCCCCCCCCC)COC(=O)CCCCCCCCCCCCCCCCCCCCCCCCCCCCCCCCCC. The molecule has 0 amide bonds. The van der Waals surface area contributed by atoms with Crippen LogP contribution in [0, 0.1) is 0 Å². The molecule has 80 heavy (non-hydrogen) atoms. The lowest BCUT2D eigenvalue weighted by Crippen LogP contribution is -2.30. The molecule has 6 heteroatoms. The van der Waals surface area contributed by atoms with E-state index in [0.29, 0.717) is 19.3 Å². The van der Waals surface area contributed by atoms with E-state index in [-0.39, 0.29) is 31.1 Å². The van der Waals surface area contributed by atoms with E-state index in [0.717, 1.165) is 64.2 Å². The predicted octanol–water partition coefficient (Wildman–Crippen LogP) is 25.0. The Kier molecular flexibility index (Phi) is 67.6. The van der Waals surface area contributed by atoms with Gasteiger partial charge in [0.05, 0.1) is 0 Å². The van der Waals surface area contributed by atoms with E-state index in [1.807, 2.05) is 0 Å². The highest BCUT2D eigenvalue weighted by atomic mass is 16.6. The van der Waals surface area contributed by atoms with E-state index in [4.69, 9.17) is 14.2 Å². The van der Waals surface area contributed by atoms with Gasteiger partial charge >= 0.3 is 17.9 Å². The van der Waals surface area contributed by atoms with Crippen molar-refractivity contribution in [2.75, 3.05) is 13.2 Å². The quantitative estimate of drug-likeness (QED) is 0.0261. The van der Waals surface area contributed by atoms with Gasteiger partial charge in [0.1, 0.15) is 13.2 Å². The van der Waals surface area contributed by atoms with E-state index >= 15 is 0 Å². The van der Waals surface area contributed by atoms with Crippen molar-refractivity contribution in [3.63, 3.8) is 0 Å². The van der Waals surface area contributed by atoms with Crippen LogP contribution in [0.1, 0.15) is 412 Å². The molecule has 0 aromatic rings. The monoisotopic (exact) mass is 1130 g/mol. The van der Waals surface area contributed by atoms with Crippen LogP contribution in [0.5, 0.6) is 0 Å². The number of unbranched alkanes of at least 4 members (excludes halogenated alkanes) is 53. The number of hydrogen-bond acceptors (Lipinski definition) is 6. The van der Waals surface area contributed by atoms with Gasteiger partial charge in [-0.1, -0.05) is 366 Å². The third kappa shape index (κ3) is 66.7. The zero-order valence-electron chi connectivity index (χ0n) is 54.4. The van der Waals surface area contributed by atoms with Crippen molar-refractivity contribution in [1.29, 1.82) is 0 Å². The zero-order valence-corrected chi connectivity index (χ0v) is 54.4. The minimum atomic E-state index is -0.769. The molecule has 0 aromatic carbocycles. The molecule has 0 N–H and O–H groups in total. The Morgan fingerprint density at radius 2 is 0.450 bits per heavy atom. The smallest absolute Gasteiger partial charge is 0.306 e. The van der Waals surface area contributed by atoms with Gasteiger partial charge in [-0.25, -0.2) is 0 Å². The van der Waals surface area contributed by atoms with Gasteiger partial charge in [0, 0.05) is 19.3 Å². The number of hydrogen-bond donors (Lipinski definition) is 0. The van der Waals surface area contributed by atoms with E-state index in [1.165, 1.54) is 308 Å². The van der Waals surface area contributed by atoms with Gasteiger partial charge < -0.3 is 14.2 Å². The third-order valence-corrected chi connectivity index (χ3v) is 16.7. The van der Waals surface area contributed by atoms with Crippen LogP contribution in [0.3, 0.4) is 0 Å². The van der Waals surface area contributed by atoms with Crippen LogP contribution in [0.25, 0.3) is 0 Å². The van der Waals surface area contributed by atoms with Crippen LogP contribution < -0.4 is 0 Å². The van der Waals surface area contributed by atoms with Crippen molar-refractivity contribution >= 4 is 17.9 Å². The number of ether oxygens (including phenoxy) is 3. The summed E-state index contributed by atoms with van der Waals surface area (Å²) in [6.45, 7) is 6.68. The number of carbonyl (C=O) groups is 3. The maximum absolute atomic E-state index is 12.9. The van der Waals surface area contributed by atoms with Crippen LogP contribution in [-0.4, -0.2) is 37.2 Å². The zero-order chi connectivity index (χ0) is 57.8. The van der Waals surface area contributed by atoms with Gasteiger partial charge in [-0.2, -0.15) is 0 Å². The maximum atomic E-state index is 12.9. The molecule has 0 spiro atoms. The summed E-state index contributed by atoms with van der Waals surface area (Å²) < 4.78 is 16.9. The second-order valence-electron chi connectivity index (χ2n) is 24.9. The van der Waals surface area contributed by atoms with Crippen LogP contribution in [0.15, 0.2) is 24.3 Å². The summed E-state index contributed by atoms with van der Waals surface area (Å²) in [5.74, 6) is -0.845. The Morgan fingerprint density at radius 3 is 0.688 bits per heavy atom. The standard InChI is InChI=1S/C74H140O6/c1-4-7-10-13-16-19-21-23-25-27-29-31-32-33-34-35-36-37-38-39-40-41-43-44-46-48-50-52-55-58-61-64-67-73(76)79-70-71(69-78-72(75)66-63-60-57-54-18-15-12-9-6-3)80-74(77)68-65-62-59-56-53-51-49-47-45-42-30-28-26-24-22-20-17-14-11-8-5-2/h22,24,28,30,71H,4-21,23,25-27,29,31-70H2,1-3H3/b24-22-,30-28-. The van der Waals surface area contributed by atoms with Crippen LogP contribution in [-0.2, 0) is 28.6 Å². The van der Waals surface area contributed by atoms with Gasteiger partial charge in [0.25, 0.3) is 0 Å². The van der Waals surface area contributed by atoms with Crippen molar-refractivity contribution in [2.45, 2.75) is 419 Å². The Morgan fingerprint density at radius 1 is 0.250 bits per heavy atom. The fourth-order valence-corrected chi connectivity index (χ4v) is 11.2. The third-order valence-electron chi connectivity index (χ3n) is 16.7. The van der Waals surface area contributed by atoms with E-state index in [9.17, 15) is 14.4 Å². The second-order valence-corrected chi connectivity index (χ2v) is 24.9. The summed E-state index contributed by atoms with van der Waals surface area (Å²) in [4.78, 5) is 38.3. The molecule has 0 radical (unpaired) electrons. The summed E-state index contributed by atoms with van der Waals surface area (Å²) >= 11 is 0. The summed E-state index contributed by atoms with van der Waals surface area (Å²) in [5.41, 5.74) is 0. The Hall–Kier alpha value is -2.11. The lowest BCUT2D eigenvalue weighted by atomic mass is 10.0. The molecule has 1 atom stereocenters. The lowest BCUT2D eigenvalue weighted by Gasteiger charge is -2.18. The number of allylic oxidation sites excluding steroid dienone is 4. The Labute approximate surface area is 500 Å². The minimum Gasteiger partial charge on any atom is -0.462 e. The molecule has 0 heterocycles. The van der Waals surface area contributed by atoms with E-state index in [2.05, 4.69) is 45.1 Å². The largest absolute Gasteiger partial charge is 0.462 e. The molecule has 0 aromatic heterocycles. The van der Waals surface area contributed by atoms with Gasteiger partial charge in [-0.15, -0.1) is 0 Å². The fraction of sp³-hybridized carbons (Fsp3) is 0.905. The average Bonchev–Trinajstić information content (AvgIpc) is 3.46. The molecule has 0 saturated carbocycles. The highest BCUT2D eigenvalue weighted by Gasteiger charge is 2.19. The predicted molar refractivity (Wildman–Crippen MR) is 349 cm³/mol. The van der Waals surface area contributed by atoms with Gasteiger partial charge in [-0.3, -0.25) is 14.4 Å². The van der Waals surface area contributed by atoms with Crippen LogP contribution in [0.2, 0.25) is 0 Å². The van der Waals surface area contributed by atoms with Crippen molar-refractivity contribution in [3.05, 3.63) is 24.3 Å². The molecule has 1 unspecified atom stereocenters. The molecule has 0 aliphatic carbocycles. The number of carbonyl (C=O) groups excluding carboxylic acids is 3. The highest BCUT2D eigenvalue weighted by molar-refractivity contribution is 5.71. The molecule has 0 aliphatic heterocycles. The van der Waals surface area contributed by atoms with Crippen molar-refractivity contribution in [1.82, 2.24) is 0 Å². The molecule has 0 rings (SSSR count). The number of rotatable bonds is 68. The maximum Gasteiger partial charge on any atom is 0.306 e. The molecule has 0 saturated heterocycles. The Balaban J connectivity index is 4.03. The normalized spacial score (nSPS) is 12.1. The van der Waals surface area contributed by atoms with Crippen molar-refractivity contribution < 1.29 is 28.6 Å². The first-order chi connectivity index (χ1) is 39.5. The first kappa shape index (κ1) is 77.9. The molecule has 0 fully saturated rings. The first-order valence-electron chi connectivity index (χ1n) is 36.3. The minimum absolute atomic E-state index is 0.0670. The second kappa shape index (κ2) is 69.4. The highest BCUT2D eigenvalue weighted by Crippen LogP contribution is 2.19. The molecular formula is C74H140O6. The summed E-state index contributed by atoms with van der Waals surface area (Å²) in [7, 11) is 0. The van der Waals surface area contributed by atoms with Crippen LogP contribution in [0.4, 0.5) is 0 Å². The molecule has 0 bridgehead atoms. The molecule has 0 aliphatic rings. The van der Waals surface area contributed by atoms with Gasteiger partial charge in [0.15, 0.2) is 6.10 Å². The number of esters is 3. The summed E-state index contributed by atoms with van der Waals surface area (Å²) in [6, 6.07) is 0. The molecular weight excluding hydrogens is 985 g/mol. The van der Waals surface area contributed by atoms with Gasteiger partial charge in [-0.05, 0) is 51.4 Å². The topological polar surface area (TPSA) is 78.9 Å². The summed E-state index contributed by atoms with van der Waals surface area (Å²) in [6.07, 6.45) is 85.3. The molecule has 6 nitrogen and oxygen atoms in total. The van der Waals surface area contributed by atoms with Crippen molar-refractivity contribution in [2.24, 2.45) is 0 Å². The summed E-state index contributed by atoms with van der Waals surface area (Å²) in [5, 5.41) is 0. The first-order valence-corrected chi connectivity index (χ1v) is 36.3. The van der Waals surface area contributed by atoms with Crippen LogP contribution >= 0.6 is 0 Å².